The monoisotopic (exact) mass is 265 g/mol. The van der Waals surface area contributed by atoms with E-state index in [1.165, 1.54) is 0 Å². The minimum atomic E-state index is -2.43. The summed E-state index contributed by atoms with van der Waals surface area (Å²) in [5.74, 6) is 0. The Kier molecular flexibility index (Phi) is 6.99. The topological polar surface area (TPSA) is 53.7 Å². The molecule has 0 saturated carbocycles. The summed E-state index contributed by atoms with van der Waals surface area (Å²) >= 11 is 0. The van der Waals surface area contributed by atoms with Crippen molar-refractivity contribution in [2.24, 2.45) is 5.73 Å². The van der Waals surface area contributed by atoms with E-state index in [0.717, 1.165) is 12.8 Å². The zero-order valence-electron chi connectivity index (χ0n) is 11.5. The van der Waals surface area contributed by atoms with Crippen molar-refractivity contribution in [1.29, 1.82) is 0 Å². The fourth-order valence-corrected chi connectivity index (χ4v) is 5.53. The van der Waals surface area contributed by atoms with Gasteiger partial charge in [-0.05, 0) is 19.4 Å². The molecule has 1 unspecified atom stereocenters. The molecule has 0 aromatic carbocycles. The SMILES string of the molecule is CO[Si](C)(OC)OC(CCCN)[Si](C)(C)C. The smallest absolute Gasteiger partial charge is 0.377 e. The molecule has 2 N–H and O–H groups in total. The van der Waals surface area contributed by atoms with Gasteiger partial charge in [0.05, 0.1) is 8.07 Å². The first kappa shape index (κ1) is 16.3. The molecule has 0 spiro atoms. The van der Waals surface area contributed by atoms with Crippen LogP contribution in [-0.2, 0) is 13.3 Å². The molecule has 0 aliphatic heterocycles. The second kappa shape index (κ2) is 6.88. The van der Waals surface area contributed by atoms with Gasteiger partial charge in [0, 0.05) is 26.5 Å². The van der Waals surface area contributed by atoms with E-state index in [0.29, 0.717) is 6.54 Å². The van der Waals surface area contributed by atoms with Gasteiger partial charge in [-0.3, -0.25) is 0 Å². The quantitative estimate of drug-likeness (QED) is 0.681. The molecule has 0 aliphatic rings. The van der Waals surface area contributed by atoms with Gasteiger partial charge in [-0.15, -0.1) is 0 Å². The van der Waals surface area contributed by atoms with Crippen LogP contribution in [0.3, 0.4) is 0 Å². The summed E-state index contributed by atoms with van der Waals surface area (Å²) in [6, 6.07) is 0. The molecular formula is C10H27NO3Si2. The highest BCUT2D eigenvalue weighted by Gasteiger charge is 2.39. The Morgan fingerprint density at radius 3 is 1.88 bits per heavy atom. The Bertz CT molecular complexity index is 193. The fourth-order valence-electron chi connectivity index (χ4n) is 1.41. The Morgan fingerprint density at radius 2 is 1.56 bits per heavy atom. The lowest BCUT2D eigenvalue weighted by atomic mass is 10.3. The maximum atomic E-state index is 6.10. The molecule has 1 atom stereocenters. The van der Waals surface area contributed by atoms with E-state index < -0.39 is 16.9 Å². The van der Waals surface area contributed by atoms with E-state index in [4.69, 9.17) is 19.0 Å². The van der Waals surface area contributed by atoms with Crippen molar-refractivity contribution < 1.29 is 13.3 Å². The standard InChI is InChI=1S/C10H27NO3Si2/c1-12-16(6,13-2)14-10(8-7-9-11)15(3,4)5/h10H,7-9,11H2,1-6H3. The van der Waals surface area contributed by atoms with Gasteiger partial charge in [0.2, 0.25) is 0 Å². The molecule has 0 radical (unpaired) electrons. The van der Waals surface area contributed by atoms with E-state index in [-0.39, 0.29) is 5.73 Å². The second-order valence-electron chi connectivity index (χ2n) is 5.17. The first-order chi connectivity index (χ1) is 7.29. The highest BCUT2D eigenvalue weighted by Crippen LogP contribution is 2.21. The van der Waals surface area contributed by atoms with Crippen molar-refractivity contribution in [3.8, 4) is 0 Å². The molecule has 0 heterocycles. The van der Waals surface area contributed by atoms with Crippen LogP contribution in [0.1, 0.15) is 12.8 Å². The van der Waals surface area contributed by atoms with Crippen molar-refractivity contribution in [2.45, 2.75) is 44.8 Å². The minimum Gasteiger partial charge on any atom is -0.377 e. The fraction of sp³-hybridized carbons (Fsp3) is 1.00. The van der Waals surface area contributed by atoms with Gasteiger partial charge in [0.15, 0.2) is 0 Å². The number of hydrogen-bond acceptors (Lipinski definition) is 4. The van der Waals surface area contributed by atoms with Gasteiger partial charge in [-0.1, -0.05) is 19.6 Å². The molecular weight excluding hydrogens is 238 g/mol. The molecule has 0 saturated heterocycles. The third-order valence-corrected chi connectivity index (χ3v) is 7.50. The van der Waals surface area contributed by atoms with Gasteiger partial charge in [0.25, 0.3) is 0 Å². The van der Waals surface area contributed by atoms with Crippen LogP contribution in [0, 0.1) is 0 Å². The first-order valence-corrected chi connectivity index (χ1v) is 11.6. The van der Waals surface area contributed by atoms with Crippen LogP contribution in [0.25, 0.3) is 0 Å². The van der Waals surface area contributed by atoms with Crippen LogP contribution in [0.5, 0.6) is 0 Å². The van der Waals surface area contributed by atoms with Gasteiger partial charge in [-0.25, -0.2) is 0 Å². The van der Waals surface area contributed by atoms with Gasteiger partial charge in [0.1, 0.15) is 0 Å². The average Bonchev–Trinajstić information content (AvgIpc) is 2.22. The van der Waals surface area contributed by atoms with Gasteiger partial charge >= 0.3 is 8.80 Å². The van der Waals surface area contributed by atoms with E-state index in [1.807, 2.05) is 6.55 Å². The molecule has 16 heavy (non-hydrogen) atoms. The number of nitrogens with two attached hydrogens (primary N) is 1. The predicted molar refractivity (Wildman–Crippen MR) is 72.1 cm³/mol. The summed E-state index contributed by atoms with van der Waals surface area (Å²) in [7, 11) is -0.490. The molecule has 0 aromatic heterocycles. The molecule has 4 nitrogen and oxygen atoms in total. The lowest BCUT2D eigenvalue weighted by Gasteiger charge is -2.35. The Morgan fingerprint density at radius 1 is 1.06 bits per heavy atom. The molecule has 0 fully saturated rings. The van der Waals surface area contributed by atoms with Crippen LogP contribution in [-0.4, -0.2) is 43.4 Å². The molecule has 98 valence electrons. The third kappa shape index (κ3) is 5.56. The summed E-state index contributed by atoms with van der Waals surface area (Å²) in [4.78, 5) is 0. The average molecular weight is 266 g/mol. The van der Waals surface area contributed by atoms with Gasteiger partial charge in [-0.2, -0.15) is 0 Å². The molecule has 6 heteroatoms. The zero-order chi connectivity index (χ0) is 12.8. The lowest BCUT2D eigenvalue weighted by molar-refractivity contribution is 0.0845. The van der Waals surface area contributed by atoms with Crippen LogP contribution >= 0.6 is 0 Å². The summed E-state index contributed by atoms with van der Waals surface area (Å²) < 4.78 is 16.9. The maximum absolute atomic E-state index is 6.10. The van der Waals surface area contributed by atoms with Crippen molar-refractivity contribution in [3.05, 3.63) is 0 Å². The van der Waals surface area contributed by atoms with Crippen molar-refractivity contribution >= 4 is 16.9 Å². The van der Waals surface area contributed by atoms with Crippen LogP contribution in [0.2, 0.25) is 26.2 Å². The summed E-state index contributed by atoms with van der Waals surface area (Å²) in [6.45, 7) is 9.54. The molecule has 0 amide bonds. The molecule has 0 aromatic rings. The van der Waals surface area contributed by atoms with Crippen molar-refractivity contribution in [3.63, 3.8) is 0 Å². The molecule has 0 rings (SSSR count). The number of hydrogen-bond donors (Lipinski definition) is 1. The van der Waals surface area contributed by atoms with Crippen LogP contribution in [0.4, 0.5) is 0 Å². The Balaban J connectivity index is 4.53. The predicted octanol–water partition coefficient (Wildman–Crippen LogP) is 1.85. The highest BCUT2D eigenvalue weighted by molar-refractivity contribution is 6.78. The second-order valence-corrected chi connectivity index (χ2v) is 13.3. The third-order valence-electron chi connectivity index (χ3n) is 2.73. The first-order valence-electron chi connectivity index (χ1n) is 5.77. The van der Waals surface area contributed by atoms with Crippen molar-refractivity contribution in [2.75, 3.05) is 20.8 Å². The summed E-state index contributed by atoms with van der Waals surface area (Å²) in [5.41, 5.74) is 5.81. The highest BCUT2D eigenvalue weighted by atomic mass is 28.4. The maximum Gasteiger partial charge on any atom is 0.497 e. The Labute approximate surface area is 102 Å². The zero-order valence-corrected chi connectivity index (χ0v) is 13.5. The van der Waals surface area contributed by atoms with E-state index in [2.05, 4.69) is 19.6 Å². The van der Waals surface area contributed by atoms with E-state index in [1.54, 1.807) is 14.2 Å². The van der Waals surface area contributed by atoms with Crippen molar-refractivity contribution in [1.82, 2.24) is 0 Å². The largest absolute Gasteiger partial charge is 0.497 e. The normalized spacial score (nSPS) is 15.2. The van der Waals surface area contributed by atoms with Crippen LogP contribution in [0.15, 0.2) is 0 Å². The lowest BCUT2D eigenvalue weighted by Crippen LogP contribution is -2.51. The Hall–Kier alpha value is 0.274. The minimum absolute atomic E-state index is 0.257. The molecule has 0 bridgehead atoms. The number of rotatable bonds is 8. The van der Waals surface area contributed by atoms with Gasteiger partial charge < -0.3 is 19.0 Å². The van der Waals surface area contributed by atoms with E-state index >= 15 is 0 Å². The summed E-state index contributed by atoms with van der Waals surface area (Å²) in [6.07, 6.45) is 1.99. The summed E-state index contributed by atoms with van der Waals surface area (Å²) in [5, 5.41) is 0. The van der Waals surface area contributed by atoms with E-state index in [9.17, 15) is 0 Å². The van der Waals surface area contributed by atoms with Crippen LogP contribution < -0.4 is 5.73 Å². The molecule has 0 aliphatic carbocycles.